The number of pyridine rings is 1. The van der Waals surface area contributed by atoms with E-state index in [0.29, 0.717) is 0 Å². The van der Waals surface area contributed by atoms with E-state index in [0.717, 1.165) is 28.0 Å². The van der Waals surface area contributed by atoms with Gasteiger partial charge < -0.3 is 4.90 Å². The highest BCUT2D eigenvalue weighted by Crippen LogP contribution is 2.49. The molecule has 7 aromatic rings. The summed E-state index contributed by atoms with van der Waals surface area (Å²) in [5.41, 5.74) is 12.1. The maximum Gasteiger partial charge on any atom is 0.0703 e. The van der Waals surface area contributed by atoms with E-state index in [1.807, 2.05) is 12.3 Å². The zero-order valence-corrected chi connectivity index (χ0v) is 21.3. The van der Waals surface area contributed by atoms with E-state index in [1.165, 1.54) is 44.2 Å². The van der Waals surface area contributed by atoms with Crippen LogP contribution in [0.3, 0.4) is 0 Å². The van der Waals surface area contributed by atoms with Gasteiger partial charge in [-0.25, -0.2) is 0 Å². The second-order valence-corrected chi connectivity index (χ2v) is 10.0. The molecule has 0 radical (unpaired) electrons. The molecule has 0 unspecified atom stereocenters. The van der Waals surface area contributed by atoms with Crippen molar-refractivity contribution < 1.29 is 0 Å². The number of hydrogen-bond acceptors (Lipinski definition) is 2. The zero-order chi connectivity index (χ0) is 25.8. The van der Waals surface area contributed by atoms with Crippen molar-refractivity contribution in [2.45, 2.75) is 0 Å². The molecule has 39 heavy (non-hydrogen) atoms. The summed E-state index contributed by atoms with van der Waals surface area (Å²) in [6.07, 6.45) is 1.84. The first kappa shape index (κ1) is 21.8. The summed E-state index contributed by atoms with van der Waals surface area (Å²) in [5, 5.41) is 3.79. The number of para-hydroxylation sites is 1. The molecule has 2 nitrogen and oxygen atoms in total. The SMILES string of the molecule is c1ccc(N(c2ccc(-c3ccc4c5c(cccc35)-c3ccccc3-4)cc2)c2ccc3ncccc3c2)cc1. The highest BCUT2D eigenvalue weighted by atomic mass is 15.1. The summed E-state index contributed by atoms with van der Waals surface area (Å²) in [6.45, 7) is 0. The van der Waals surface area contributed by atoms with Crippen LogP contribution in [0, 0.1) is 0 Å². The molecule has 1 aromatic heterocycles. The quantitative estimate of drug-likeness (QED) is 0.241. The smallest absolute Gasteiger partial charge is 0.0703 e. The average Bonchev–Trinajstić information content (AvgIpc) is 3.34. The first-order valence-electron chi connectivity index (χ1n) is 13.3. The number of fused-ring (bicyclic) bond motifs is 4. The van der Waals surface area contributed by atoms with Crippen molar-refractivity contribution in [3.63, 3.8) is 0 Å². The monoisotopic (exact) mass is 496 g/mol. The van der Waals surface area contributed by atoms with Crippen LogP contribution in [0.1, 0.15) is 0 Å². The number of aromatic nitrogens is 1. The standard InChI is InChI=1S/C37H24N2/c1-2-9-27(10-3-1)39(29-19-22-36-26(24-29)8-7-23-38-36)28-17-15-25(16-18-28)30-20-21-35-32-12-5-4-11-31(32)34-14-6-13-33(30)37(34)35/h1-24H. The molecular weight excluding hydrogens is 472 g/mol. The van der Waals surface area contributed by atoms with Gasteiger partial charge in [-0.15, -0.1) is 0 Å². The lowest BCUT2D eigenvalue weighted by molar-refractivity contribution is 1.28. The third-order valence-corrected chi connectivity index (χ3v) is 7.84. The molecule has 1 aliphatic carbocycles. The maximum atomic E-state index is 4.51. The molecule has 1 heterocycles. The Bertz CT molecular complexity index is 1980. The van der Waals surface area contributed by atoms with Crippen LogP contribution < -0.4 is 4.90 Å². The average molecular weight is 497 g/mol. The molecule has 2 heteroatoms. The summed E-state index contributed by atoms with van der Waals surface area (Å²) in [7, 11) is 0. The molecule has 182 valence electrons. The van der Waals surface area contributed by atoms with Crippen LogP contribution in [0.2, 0.25) is 0 Å². The Kier molecular flexibility index (Phi) is 4.86. The minimum absolute atomic E-state index is 0.999. The van der Waals surface area contributed by atoms with Gasteiger partial charge in [0.25, 0.3) is 0 Å². The van der Waals surface area contributed by atoms with E-state index in [-0.39, 0.29) is 0 Å². The lowest BCUT2D eigenvalue weighted by atomic mass is 9.94. The molecule has 6 aromatic carbocycles. The molecule has 8 rings (SSSR count). The van der Waals surface area contributed by atoms with Crippen LogP contribution in [0.25, 0.3) is 55.1 Å². The maximum absolute atomic E-state index is 4.51. The van der Waals surface area contributed by atoms with E-state index in [1.54, 1.807) is 0 Å². The van der Waals surface area contributed by atoms with Gasteiger partial charge in [-0.1, -0.05) is 91.0 Å². The summed E-state index contributed by atoms with van der Waals surface area (Å²) < 4.78 is 0. The molecule has 0 saturated carbocycles. The molecule has 0 spiro atoms. The number of nitrogens with zero attached hydrogens (tertiary/aromatic N) is 2. The van der Waals surface area contributed by atoms with Crippen molar-refractivity contribution in [1.29, 1.82) is 0 Å². The van der Waals surface area contributed by atoms with Gasteiger partial charge in [0, 0.05) is 28.6 Å². The van der Waals surface area contributed by atoms with Crippen LogP contribution in [-0.4, -0.2) is 4.98 Å². The van der Waals surface area contributed by atoms with Gasteiger partial charge in [0.2, 0.25) is 0 Å². The lowest BCUT2D eigenvalue weighted by Crippen LogP contribution is -2.09. The van der Waals surface area contributed by atoms with Gasteiger partial charge in [0.1, 0.15) is 0 Å². The number of benzene rings is 6. The van der Waals surface area contributed by atoms with Crippen molar-refractivity contribution in [3.05, 3.63) is 146 Å². The van der Waals surface area contributed by atoms with Crippen LogP contribution >= 0.6 is 0 Å². The van der Waals surface area contributed by atoms with Crippen LogP contribution in [0.4, 0.5) is 17.1 Å². The van der Waals surface area contributed by atoms with Gasteiger partial charge in [-0.05, 0) is 92.7 Å². The highest BCUT2D eigenvalue weighted by molar-refractivity contribution is 6.18. The lowest BCUT2D eigenvalue weighted by Gasteiger charge is -2.26. The van der Waals surface area contributed by atoms with Crippen LogP contribution in [0.5, 0.6) is 0 Å². The Morgan fingerprint density at radius 3 is 1.92 bits per heavy atom. The molecule has 0 amide bonds. The fourth-order valence-electron chi connectivity index (χ4n) is 6.08. The third kappa shape index (κ3) is 3.46. The van der Waals surface area contributed by atoms with Crippen molar-refractivity contribution in [2.75, 3.05) is 4.90 Å². The van der Waals surface area contributed by atoms with Gasteiger partial charge in [0.15, 0.2) is 0 Å². The van der Waals surface area contributed by atoms with Crippen LogP contribution in [0.15, 0.2) is 146 Å². The second kappa shape index (κ2) is 8.68. The van der Waals surface area contributed by atoms with E-state index in [4.69, 9.17) is 0 Å². The fraction of sp³-hybridized carbons (Fsp3) is 0. The minimum Gasteiger partial charge on any atom is -0.310 e. The summed E-state index contributed by atoms with van der Waals surface area (Å²) in [5.74, 6) is 0. The Hall–Kier alpha value is -5.21. The Morgan fingerprint density at radius 2 is 1.10 bits per heavy atom. The van der Waals surface area contributed by atoms with Crippen molar-refractivity contribution >= 4 is 38.7 Å². The Balaban J connectivity index is 1.24. The van der Waals surface area contributed by atoms with Crippen molar-refractivity contribution in [1.82, 2.24) is 4.98 Å². The minimum atomic E-state index is 0.999. The van der Waals surface area contributed by atoms with E-state index in [9.17, 15) is 0 Å². The molecular formula is C37H24N2. The number of hydrogen-bond donors (Lipinski definition) is 0. The number of anilines is 3. The normalized spacial score (nSPS) is 11.6. The summed E-state index contributed by atoms with van der Waals surface area (Å²) >= 11 is 0. The largest absolute Gasteiger partial charge is 0.310 e. The Morgan fingerprint density at radius 1 is 0.436 bits per heavy atom. The van der Waals surface area contributed by atoms with Crippen molar-refractivity contribution in [2.24, 2.45) is 0 Å². The molecule has 0 aliphatic heterocycles. The molecule has 0 fully saturated rings. The predicted molar refractivity (Wildman–Crippen MR) is 164 cm³/mol. The first-order valence-corrected chi connectivity index (χ1v) is 13.3. The Labute approximate surface area is 227 Å². The molecule has 0 saturated heterocycles. The predicted octanol–water partition coefficient (Wildman–Crippen LogP) is 10.2. The van der Waals surface area contributed by atoms with Gasteiger partial charge in [0.05, 0.1) is 5.52 Å². The van der Waals surface area contributed by atoms with E-state index < -0.39 is 0 Å². The molecule has 0 N–H and O–H groups in total. The number of rotatable bonds is 4. The van der Waals surface area contributed by atoms with E-state index in [2.05, 4.69) is 143 Å². The highest BCUT2D eigenvalue weighted by Gasteiger charge is 2.22. The summed E-state index contributed by atoms with van der Waals surface area (Å²) in [4.78, 5) is 6.81. The van der Waals surface area contributed by atoms with Gasteiger partial charge >= 0.3 is 0 Å². The topological polar surface area (TPSA) is 16.1 Å². The van der Waals surface area contributed by atoms with Gasteiger partial charge in [-0.2, -0.15) is 0 Å². The fourth-order valence-corrected chi connectivity index (χ4v) is 6.08. The first-order chi connectivity index (χ1) is 19.3. The molecule has 1 aliphatic rings. The van der Waals surface area contributed by atoms with Crippen molar-refractivity contribution in [3.8, 4) is 33.4 Å². The molecule has 0 atom stereocenters. The van der Waals surface area contributed by atoms with E-state index >= 15 is 0 Å². The molecule has 0 bridgehead atoms. The third-order valence-electron chi connectivity index (χ3n) is 7.84. The van der Waals surface area contributed by atoms with Crippen LogP contribution in [-0.2, 0) is 0 Å². The summed E-state index contributed by atoms with van der Waals surface area (Å²) in [6, 6.07) is 50.1. The second-order valence-electron chi connectivity index (χ2n) is 10.0. The van der Waals surface area contributed by atoms with Gasteiger partial charge in [-0.3, -0.25) is 4.98 Å². The zero-order valence-electron chi connectivity index (χ0n) is 21.3.